The Morgan fingerprint density at radius 2 is 0.777 bits per heavy atom. The number of esters is 5. The Labute approximate surface area is 881 Å². The van der Waals surface area contributed by atoms with Crippen molar-refractivity contribution in [2.24, 2.45) is 16.8 Å². The number of aromatic carboxylic acids is 2. The van der Waals surface area contributed by atoms with Crippen molar-refractivity contribution >= 4 is 261 Å². The fourth-order valence-electron chi connectivity index (χ4n) is 8.84. The zero-order valence-electron chi connectivity index (χ0n) is 70.4. The van der Waals surface area contributed by atoms with Crippen LogP contribution in [0.1, 0.15) is 143 Å². The minimum absolute atomic E-state index is 0. The number of ketones is 2. The Kier molecular flexibility index (Phi) is 69.1. The number of aliphatic carboxylic acids is 1. The third kappa shape index (κ3) is 48.1. The number of nitrogens with zero attached hydrogens (tertiary/aromatic N) is 4. The van der Waals surface area contributed by atoms with Gasteiger partial charge in [0.05, 0.1) is 99.2 Å². The predicted molar refractivity (Wildman–Crippen MR) is 521 cm³/mol. The van der Waals surface area contributed by atoms with Crippen molar-refractivity contribution in [1.29, 1.82) is 0 Å². The van der Waals surface area contributed by atoms with Gasteiger partial charge in [0.15, 0.2) is 39.8 Å². The number of hydrogen-bond acceptors (Lipinski definition) is 33. The molecule has 0 bridgehead atoms. The van der Waals surface area contributed by atoms with Crippen LogP contribution in [0, 0.1) is 4.91 Å². The number of anilines is 1. The van der Waals surface area contributed by atoms with Gasteiger partial charge in [0, 0.05) is 75.1 Å². The van der Waals surface area contributed by atoms with Gasteiger partial charge in [-0.25, -0.2) is 34.1 Å². The number of halogens is 11. The molecule has 1 unspecified atom stereocenters. The largest absolute Gasteiger partial charge is 1.00 e. The summed E-state index contributed by atoms with van der Waals surface area (Å²) in [5, 5.41) is 32.8. The summed E-state index contributed by atoms with van der Waals surface area (Å²) in [5.41, 5.74) is 18.2. The van der Waals surface area contributed by atoms with Crippen LogP contribution < -0.4 is 102 Å². The molecule has 0 aliphatic heterocycles. The number of nitrogens with two attached hydrogens (primary N) is 3. The molecule has 0 saturated heterocycles. The molecular weight excluding hydrogens is 2270 g/mol. The first-order chi connectivity index (χ1) is 59.8. The monoisotopic (exact) mass is 2350 g/mol. The fourth-order valence-corrected chi connectivity index (χ4v) is 13.7. The third-order valence-electron chi connectivity index (χ3n) is 13.7. The average Bonchev–Trinajstić information content (AvgIpc) is 1.65. The molecule has 49 heteroatoms. The van der Waals surface area contributed by atoms with Crippen LogP contribution in [-0.4, -0.2) is 176 Å². The number of Topliss-reactive ketones (excluding diaryl/α,β-unsaturated/α-hetero) is 2. The fraction of sp³-hybridized carbons (Fsp3) is 0.309. The average molecular weight is 2360 g/mol. The van der Waals surface area contributed by atoms with Crippen LogP contribution in [0.3, 0.4) is 0 Å². The smallest absolute Gasteiger partial charge is 0.550 e. The number of aromatic nitrogens is 3. The molecule has 0 radical (unpaired) electrons. The maximum atomic E-state index is 12.1. The second-order valence-electron chi connectivity index (χ2n) is 23.6. The van der Waals surface area contributed by atoms with E-state index in [9.17, 15) is 58.0 Å². The summed E-state index contributed by atoms with van der Waals surface area (Å²) in [7, 11) is 8.90. The molecule has 3 heterocycles. The molecule has 6 aromatic carbocycles. The number of carboxylic acids is 3. The van der Waals surface area contributed by atoms with E-state index in [2.05, 4.69) is 130 Å². The molecule has 0 amide bonds. The minimum Gasteiger partial charge on any atom is -0.550 e. The third-order valence-corrected chi connectivity index (χ3v) is 19.8. The van der Waals surface area contributed by atoms with Crippen LogP contribution in [0.25, 0.3) is 33.8 Å². The molecule has 1 atom stereocenters. The Bertz CT molecular complexity index is 5060. The molecule has 9 aromatic rings. The maximum absolute atomic E-state index is 12.1. The number of alkyl halides is 1. The van der Waals surface area contributed by atoms with E-state index < -0.39 is 70.4 Å². The van der Waals surface area contributed by atoms with Crippen LogP contribution in [0.5, 0.6) is 34.5 Å². The number of carbonyl (C=O) groups excluding carboxylic acids is 8. The van der Waals surface area contributed by atoms with E-state index in [0.29, 0.717) is 123 Å². The first-order valence-corrected chi connectivity index (χ1v) is 46.7. The summed E-state index contributed by atoms with van der Waals surface area (Å²) < 4.78 is 55.6. The molecule has 33 nitrogen and oxygen atoms in total. The number of thiazole rings is 3. The van der Waals surface area contributed by atoms with E-state index >= 15 is 0 Å². The number of rotatable bonds is 27. The molecule has 0 aliphatic carbocycles. The summed E-state index contributed by atoms with van der Waals surface area (Å²) in [6.07, 6.45) is -0.974. The summed E-state index contributed by atoms with van der Waals surface area (Å²) >= 11 is 57.6. The number of nitrogen functional groups attached to an aromatic ring is 1. The van der Waals surface area contributed by atoms with Crippen LogP contribution in [0.4, 0.5) is 5.13 Å². The van der Waals surface area contributed by atoms with E-state index in [1.807, 2.05) is 0 Å². The van der Waals surface area contributed by atoms with Crippen LogP contribution in [0.2, 0.25) is 30.1 Å². The molecule has 0 fully saturated rings. The van der Waals surface area contributed by atoms with Gasteiger partial charge >= 0.3 is 93.2 Å². The topological polar surface area (TPSA) is 491 Å². The molecule has 130 heavy (non-hydrogen) atoms. The van der Waals surface area contributed by atoms with Crippen molar-refractivity contribution < 1.29 is 172 Å². The van der Waals surface area contributed by atoms with E-state index in [1.165, 1.54) is 71.2 Å². The van der Waals surface area contributed by atoms with E-state index in [-0.39, 0.29) is 137 Å². The van der Waals surface area contributed by atoms with Crippen LogP contribution in [0.15, 0.2) is 122 Å². The van der Waals surface area contributed by atoms with Crippen molar-refractivity contribution in [3.05, 3.63) is 183 Å². The van der Waals surface area contributed by atoms with Crippen LogP contribution >= 0.6 is 192 Å². The van der Waals surface area contributed by atoms with Crippen molar-refractivity contribution in [3.63, 3.8) is 0 Å². The summed E-state index contributed by atoms with van der Waals surface area (Å²) in [5.74, 6) is -4.38. The van der Waals surface area contributed by atoms with Gasteiger partial charge in [-0.15, -0.1) is 4.91 Å². The van der Waals surface area contributed by atoms with Crippen molar-refractivity contribution in [3.8, 4) is 68.3 Å². The Hall–Kier alpha value is -7.22. The minimum atomic E-state index is -1.41. The quantitative estimate of drug-likeness (QED) is 0.00367. The van der Waals surface area contributed by atoms with Crippen molar-refractivity contribution in [1.82, 2.24) is 15.0 Å². The molecule has 708 valence electrons. The van der Waals surface area contributed by atoms with Gasteiger partial charge in [0.1, 0.15) is 83.8 Å². The molecular formula is C81H91Br5Cl6KN7O26S4. The first-order valence-electron chi connectivity index (χ1n) is 35.4. The number of ether oxygens (including phenoxy) is 11. The number of thiocarbonyl (C=S) groups is 1. The second kappa shape index (κ2) is 69.6. The van der Waals surface area contributed by atoms with Crippen molar-refractivity contribution in [2.45, 2.75) is 93.5 Å². The van der Waals surface area contributed by atoms with E-state index in [0.717, 1.165) is 22.7 Å². The number of hydrogen-bond donors (Lipinski definition) is 5. The van der Waals surface area contributed by atoms with Gasteiger partial charge in [0.25, 0.3) is 0 Å². The number of carboxylic acid groups (broad SMARTS) is 3. The Morgan fingerprint density at radius 1 is 0.477 bits per heavy atom. The molecule has 0 spiro atoms. The SMILES string of the molecule is BrBr.C.C.CC(C)(C)ON=O.CCOC(=O)C(Br)C(=O)c1cc(Cl)ccc1OC.CCOC(=O)CC(=O)[O-].CCOC(=O)CC(=O)c1cc(Cl)ccc1OC.CCOC(=O)c1sc(Br)nc1-c1cc(Cl)ccc1OC.CCOC(=O)c1sc(N)nc1-c1cc(Cl)ccc1OC.COc1ccc(Cl)cc1-c1nc(Br)sc1C(=O)O.COc1ccc(Cl)cc1C(=O)O.NC(N)=S.[K+]. The Balaban J connectivity index is -0.000000700. The maximum Gasteiger partial charge on any atom is 1.00 e. The number of methoxy groups -OCH3 is 6. The standard InChI is InChI=1S/C13H11BrClNO3S.C13H13ClN2O3S.C12H12BrClO4.C12H13ClO4.C11H7BrClNO3S.C8H7ClO3.C5H8O4.C4H9NO2.CH4N2S.2CH4.Br2.K/c1-3-19-12(17)11-10(16-13(14)20-11)8-6-7(15)4-5-9(8)18-2;1-3-19-12(17)11-10(16-13(15)20-11)8-6-7(14)4-5-9(8)18-2;1-3-18-12(16)10(13)11(15)8-6-7(14)4-5-9(8)17-2;1-3-17-12(15)7-10(14)9-6-8(13)4-5-11(9)16-2;1-17-7-3-2-5(13)4-6(7)8-9(10(15)16)18-11(12)14-8;1-12-7-3-2-5(9)4-6(7)8(10)11;1-2-9-5(8)3-4(6)7;1-4(2,3)7-5-6;2-1(3)4;;;1-2;/h4-6H,3H2,1-2H3;4-6H,3H2,1-2H3,(H2,15,16);4-6,10H,3H2,1-2H3;4-6H,3,7H2,1-2H3;2-4H,1H3,(H,15,16);2-4H,1H3,(H,10,11);2-3H2,1H3,(H,6,7);1-3H3;(H4,2,3,4);2*1H4;;/q;;;;;;;;;;;;+1/p-1. The number of benzene rings is 6. The molecule has 0 saturated carbocycles. The van der Waals surface area contributed by atoms with Crippen molar-refractivity contribution in [2.75, 3.05) is 81.4 Å². The molecule has 8 N–H and O–H groups in total. The van der Waals surface area contributed by atoms with Gasteiger partial charge in [0.2, 0.25) is 0 Å². The summed E-state index contributed by atoms with van der Waals surface area (Å²) in [4.78, 5) is 138. The van der Waals surface area contributed by atoms with Gasteiger partial charge in [-0.3, -0.25) is 24.0 Å². The van der Waals surface area contributed by atoms with E-state index in [1.54, 1.807) is 147 Å². The molecule has 9 rings (SSSR count). The first kappa shape index (κ1) is 129. The summed E-state index contributed by atoms with van der Waals surface area (Å²) in [6, 6.07) is 29.0. The van der Waals surface area contributed by atoms with Gasteiger partial charge in [-0.1, -0.05) is 134 Å². The van der Waals surface area contributed by atoms with Gasteiger partial charge < -0.3 is 94.3 Å². The van der Waals surface area contributed by atoms with Crippen LogP contribution in [-0.2, 0) is 47.7 Å². The zero-order valence-corrected chi connectivity index (χ0v) is 89.3. The summed E-state index contributed by atoms with van der Waals surface area (Å²) in [6.45, 7) is 15.0. The normalized spacial score (nSPS) is 9.82. The number of carbonyl (C=O) groups is 10. The molecule has 0 aliphatic rings. The Morgan fingerprint density at radius 3 is 1.10 bits per heavy atom. The molecule has 3 aromatic heterocycles. The van der Waals surface area contributed by atoms with Gasteiger partial charge in [-0.05, 0) is 209 Å². The van der Waals surface area contributed by atoms with E-state index in [4.69, 9.17) is 133 Å². The zero-order chi connectivity index (χ0) is 97.1. The second-order valence-corrected chi connectivity index (χ2v) is 33.1. The van der Waals surface area contributed by atoms with Gasteiger partial charge in [-0.2, -0.15) is 0 Å². The predicted octanol–water partition coefficient (Wildman–Crippen LogP) is 18.3.